The first-order chi connectivity index (χ1) is 15.1. The van der Waals surface area contributed by atoms with E-state index in [4.69, 9.17) is 14.0 Å². The van der Waals surface area contributed by atoms with Crippen LogP contribution in [0.3, 0.4) is 0 Å². The number of rotatable bonds is 8. The molecule has 2 heterocycles. The normalized spacial score (nSPS) is 10.6. The van der Waals surface area contributed by atoms with E-state index < -0.39 is 5.91 Å². The molecule has 0 radical (unpaired) electrons. The summed E-state index contributed by atoms with van der Waals surface area (Å²) >= 11 is 2.79. The Kier molecular flexibility index (Phi) is 6.48. The van der Waals surface area contributed by atoms with Crippen molar-refractivity contribution in [2.75, 3.05) is 19.5 Å². The first-order valence-electron chi connectivity index (χ1n) is 9.16. The van der Waals surface area contributed by atoms with Gasteiger partial charge in [-0.25, -0.2) is 0 Å². The fraction of sp³-hybridized carbons (Fsp3) is 0.143. The van der Waals surface area contributed by atoms with Crippen LogP contribution in [0.1, 0.15) is 16.1 Å². The average molecular weight is 455 g/mol. The Morgan fingerprint density at radius 2 is 1.81 bits per heavy atom. The third-order valence-corrected chi connectivity index (χ3v) is 6.24. The monoisotopic (exact) mass is 454 g/mol. The molecule has 1 amide bonds. The number of ether oxygens (including phenoxy) is 2. The topological polar surface area (TPSA) is 99.4 Å². The van der Waals surface area contributed by atoms with Gasteiger partial charge in [0.2, 0.25) is 5.13 Å². The van der Waals surface area contributed by atoms with Crippen LogP contribution in [0.5, 0.6) is 11.5 Å². The van der Waals surface area contributed by atoms with Crippen molar-refractivity contribution in [3.8, 4) is 22.8 Å². The summed E-state index contributed by atoms with van der Waals surface area (Å²) in [4.78, 5) is 12.5. The van der Waals surface area contributed by atoms with E-state index in [0.717, 1.165) is 27.0 Å². The molecule has 4 aromatic rings. The van der Waals surface area contributed by atoms with Crippen LogP contribution in [0.25, 0.3) is 11.3 Å². The van der Waals surface area contributed by atoms with Crippen LogP contribution in [-0.2, 0) is 5.75 Å². The van der Waals surface area contributed by atoms with Crippen LogP contribution in [-0.4, -0.2) is 35.5 Å². The molecule has 0 saturated carbocycles. The fourth-order valence-electron chi connectivity index (χ4n) is 2.70. The van der Waals surface area contributed by atoms with E-state index in [-0.39, 0.29) is 5.69 Å². The first kappa shape index (κ1) is 20.9. The van der Waals surface area contributed by atoms with E-state index in [1.807, 2.05) is 48.5 Å². The van der Waals surface area contributed by atoms with Gasteiger partial charge >= 0.3 is 0 Å². The summed E-state index contributed by atoms with van der Waals surface area (Å²) in [7, 11) is 3.23. The Balaban J connectivity index is 1.37. The van der Waals surface area contributed by atoms with Crippen molar-refractivity contribution in [1.82, 2.24) is 15.4 Å². The number of aromatic nitrogens is 3. The maximum absolute atomic E-state index is 12.5. The highest BCUT2D eigenvalue weighted by atomic mass is 32.2. The lowest BCUT2D eigenvalue weighted by Gasteiger charge is -2.07. The highest BCUT2D eigenvalue weighted by Crippen LogP contribution is 2.31. The van der Waals surface area contributed by atoms with Crippen molar-refractivity contribution in [2.45, 2.75) is 10.1 Å². The van der Waals surface area contributed by atoms with E-state index in [1.165, 1.54) is 23.1 Å². The molecule has 0 saturated heterocycles. The quantitative estimate of drug-likeness (QED) is 0.301. The molecule has 31 heavy (non-hydrogen) atoms. The van der Waals surface area contributed by atoms with Gasteiger partial charge in [-0.15, -0.1) is 10.2 Å². The summed E-state index contributed by atoms with van der Waals surface area (Å²) in [5.41, 5.74) is 2.04. The van der Waals surface area contributed by atoms with Crippen LogP contribution < -0.4 is 14.8 Å². The van der Waals surface area contributed by atoms with E-state index >= 15 is 0 Å². The van der Waals surface area contributed by atoms with Crippen LogP contribution in [0.2, 0.25) is 0 Å². The van der Waals surface area contributed by atoms with E-state index in [1.54, 1.807) is 20.3 Å². The molecule has 0 aliphatic heterocycles. The lowest BCUT2D eigenvalue weighted by atomic mass is 10.1. The van der Waals surface area contributed by atoms with E-state index in [2.05, 4.69) is 20.7 Å². The molecular weight excluding hydrogens is 436 g/mol. The molecule has 2 aromatic carbocycles. The van der Waals surface area contributed by atoms with Crippen molar-refractivity contribution < 1.29 is 18.8 Å². The first-order valence-corrected chi connectivity index (χ1v) is 11.0. The van der Waals surface area contributed by atoms with Crippen molar-refractivity contribution in [3.05, 3.63) is 65.9 Å². The Morgan fingerprint density at radius 1 is 1.06 bits per heavy atom. The number of anilines is 1. The molecule has 158 valence electrons. The Morgan fingerprint density at radius 3 is 2.52 bits per heavy atom. The number of amides is 1. The highest BCUT2D eigenvalue weighted by molar-refractivity contribution is 8.00. The van der Waals surface area contributed by atoms with Crippen LogP contribution in [0, 0.1) is 0 Å². The molecule has 0 aliphatic carbocycles. The van der Waals surface area contributed by atoms with Gasteiger partial charge in [0.15, 0.2) is 15.8 Å². The summed E-state index contributed by atoms with van der Waals surface area (Å²) < 4.78 is 16.6. The maximum atomic E-state index is 12.5. The third-order valence-electron chi connectivity index (χ3n) is 4.20. The lowest BCUT2D eigenvalue weighted by molar-refractivity contribution is 0.101. The minimum Gasteiger partial charge on any atom is -0.497 e. The van der Waals surface area contributed by atoms with Crippen molar-refractivity contribution in [3.63, 3.8) is 0 Å². The van der Waals surface area contributed by atoms with Gasteiger partial charge in [0, 0.05) is 23.4 Å². The number of carbonyl (C=O) groups is 1. The predicted molar refractivity (Wildman–Crippen MR) is 119 cm³/mol. The van der Waals surface area contributed by atoms with Crippen molar-refractivity contribution in [2.24, 2.45) is 0 Å². The number of thioether (sulfide) groups is 1. The Labute approximate surface area is 186 Å². The van der Waals surface area contributed by atoms with Crippen LogP contribution in [0.15, 0.2) is 63.5 Å². The molecule has 0 unspecified atom stereocenters. The molecule has 1 N–H and O–H groups in total. The molecule has 4 rings (SSSR count). The van der Waals surface area contributed by atoms with Gasteiger partial charge in [-0.1, -0.05) is 58.6 Å². The summed E-state index contributed by atoms with van der Waals surface area (Å²) in [5, 5.41) is 15.1. The molecule has 2 aromatic heterocycles. The SMILES string of the molecule is COc1cc(CSc2nnc(NC(=O)c3cc(-c4ccccc4)on3)s2)cc(OC)c1. The summed E-state index contributed by atoms with van der Waals surface area (Å²) in [5.74, 6) is 2.22. The largest absolute Gasteiger partial charge is 0.497 e. The number of carbonyl (C=O) groups excluding carboxylic acids is 1. The van der Waals surface area contributed by atoms with Crippen LogP contribution in [0.4, 0.5) is 5.13 Å². The number of nitrogens with one attached hydrogen (secondary N) is 1. The molecule has 0 aliphatic rings. The second-order valence-corrected chi connectivity index (χ2v) is 8.48. The zero-order chi connectivity index (χ0) is 21.6. The molecular formula is C21H18N4O4S2. The highest BCUT2D eigenvalue weighted by Gasteiger charge is 2.16. The smallest absolute Gasteiger partial charge is 0.279 e. The summed E-state index contributed by atoms with van der Waals surface area (Å²) in [6.45, 7) is 0. The van der Waals surface area contributed by atoms with Crippen LogP contribution >= 0.6 is 23.1 Å². The number of hydrogen-bond acceptors (Lipinski definition) is 9. The van der Waals surface area contributed by atoms with E-state index in [9.17, 15) is 4.79 Å². The number of benzene rings is 2. The molecule has 8 nitrogen and oxygen atoms in total. The summed E-state index contributed by atoms with van der Waals surface area (Å²) in [6, 6.07) is 16.7. The molecule has 0 bridgehead atoms. The summed E-state index contributed by atoms with van der Waals surface area (Å²) in [6.07, 6.45) is 0. The second-order valence-electron chi connectivity index (χ2n) is 6.28. The number of hydrogen-bond donors (Lipinski definition) is 1. The third kappa shape index (κ3) is 5.22. The minimum absolute atomic E-state index is 0.173. The van der Waals surface area contributed by atoms with Gasteiger partial charge in [0.25, 0.3) is 5.91 Å². The number of nitrogens with zero attached hydrogens (tertiary/aromatic N) is 3. The van der Waals surface area contributed by atoms with E-state index in [0.29, 0.717) is 16.6 Å². The average Bonchev–Trinajstić information content (AvgIpc) is 3.48. The van der Waals surface area contributed by atoms with Gasteiger partial charge in [-0.3, -0.25) is 10.1 Å². The van der Waals surface area contributed by atoms with Gasteiger partial charge in [-0.05, 0) is 17.7 Å². The molecule has 0 fully saturated rings. The Hall–Kier alpha value is -3.37. The molecule has 0 atom stereocenters. The standard InChI is InChI=1S/C21H18N4O4S2/c1-27-15-8-13(9-16(10-15)28-2)12-30-21-24-23-20(31-21)22-19(26)17-11-18(29-25-17)14-6-4-3-5-7-14/h3-11H,12H2,1-2H3,(H,22,23,26). The predicted octanol–water partition coefficient (Wildman–Crippen LogP) is 4.75. The van der Waals surface area contributed by atoms with Gasteiger partial charge in [0.1, 0.15) is 11.5 Å². The van der Waals surface area contributed by atoms with Crippen molar-refractivity contribution in [1.29, 1.82) is 0 Å². The lowest BCUT2D eigenvalue weighted by Crippen LogP contribution is -2.11. The minimum atomic E-state index is -0.406. The number of methoxy groups -OCH3 is 2. The molecule has 0 spiro atoms. The Bertz CT molecular complexity index is 1150. The van der Waals surface area contributed by atoms with Gasteiger partial charge < -0.3 is 14.0 Å². The van der Waals surface area contributed by atoms with Gasteiger partial charge in [0.05, 0.1) is 14.2 Å². The zero-order valence-corrected chi connectivity index (χ0v) is 18.3. The molecule has 10 heteroatoms. The second kappa shape index (κ2) is 9.63. The fourth-order valence-corrected chi connectivity index (χ4v) is 4.37. The zero-order valence-electron chi connectivity index (χ0n) is 16.7. The maximum Gasteiger partial charge on any atom is 0.279 e. The van der Waals surface area contributed by atoms with Crippen molar-refractivity contribution >= 4 is 34.1 Å². The van der Waals surface area contributed by atoms with Gasteiger partial charge in [-0.2, -0.15) is 0 Å².